The Labute approximate surface area is 115 Å². The second kappa shape index (κ2) is 6.05. The number of nitrogens with zero attached hydrogens (tertiary/aromatic N) is 1. The molecule has 1 aromatic rings. The molecule has 1 N–H and O–H groups in total. The van der Waals surface area contributed by atoms with E-state index in [9.17, 15) is 0 Å². The molecule has 1 fully saturated rings. The number of piperidine rings is 1. The minimum Gasteiger partial charge on any atom is -0.317 e. The van der Waals surface area contributed by atoms with E-state index in [1.165, 1.54) is 18.5 Å². The predicted molar refractivity (Wildman–Crippen MR) is 78.1 cm³/mol. The molecule has 1 saturated heterocycles. The minimum atomic E-state index is 0.475. The first-order chi connectivity index (χ1) is 8.61. The fraction of sp³-hybridized carbons (Fsp3) is 0.600. The van der Waals surface area contributed by atoms with Crippen LogP contribution in [0.4, 0.5) is 0 Å². The number of halogens is 1. The van der Waals surface area contributed by atoms with Gasteiger partial charge in [0.25, 0.3) is 0 Å². The van der Waals surface area contributed by atoms with Gasteiger partial charge in [-0.05, 0) is 44.0 Å². The van der Waals surface area contributed by atoms with E-state index in [0.717, 1.165) is 11.6 Å². The van der Waals surface area contributed by atoms with Crippen molar-refractivity contribution >= 4 is 11.6 Å². The highest BCUT2D eigenvalue weighted by molar-refractivity contribution is 6.30. The Morgan fingerprint density at radius 1 is 1.33 bits per heavy atom. The average Bonchev–Trinajstić information content (AvgIpc) is 2.38. The summed E-state index contributed by atoms with van der Waals surface area (Å²) < 4.78 is 0. The lowest BCUT2D eigenvalue weighted by molar-refractivity contribution is 0.114. The van der Waals surface area contributed by atoms with Crippen LogP contribution in [0.15, 0.2) is 24.3 Å². The highest BCUT2D eigenvalue weighted by atomic mass is 35.5. The van der Waals surface area contributed by atoms with Crippen LogP contribution in [-0.4, -0.2) is 31.1 Å². The van der Waals surface area contributed by atoms with Crippen molar-refractivity contribution in [3.8, 4) is 0 Å². The molecule has 3 atom stereocenters. The van der Waals surface area contributed by atoms with Crippen molar-refractivity contribution in [1.82, 2.24) is 10.2 Å². The normalized spacial score (nSPS) is 27.1. The Hall–Kier alpha value is -0.570. The molecule has 0 bridgehead atoms. The van der Waals surface area contributed by atoms with E-state index in [4.69, 9.17) is 11.6 Å². The third-order valence-electron chi connectivity index (χ3n) is 4.21. The second-order valence-corrected chi connectivity index (χ2v) is 5.82. The fourth-order valence-corrected chi connectivity index (χ4v) is 3.04. The van der Waals surface area contributed by atoms with Crippen molar-refractivity contribution in [1.29, 1.82) is 0 Å². The van der Waals surface area contributed by atoms with E-state index in [1.807, 2.05) is 12.1 Å². The van der Waals surface area contributed by atoms with Crippen molar-refractivity contribution in [2.24, 2.45) is 5.92 Å². The van der Waals surface area contributed by atoms with Gasteiger partial charge in [0.1, 0.15) is 0 Å². The molecule has 100 valence electrons. The number of hydrogen-bond acceptors (Lipinski definition) is 2. The lowest BCUT2D eigenvalue weighted by Crippen LogP contribution is -2.47. The minimum absolute atomic E-state index is 0.475. The molecule has 1 heterocycles. The van der Waals surface area contributed by atoms with Gasteiger partial charge in [-0.2, -0.15) is 0 Å². The average molecular weight is 267 g/mol. The maximum Gasteiger partial charge on any atom is 0.0406 e. The van der Waals surface area contributed by atoms with Gasteiger partial charge in [0.15, 0.2) is 0 Å². The maximum absolute atomic E-state index is 5.94. The quantitative estimate of drug-likeness (QED) is 0.903. The number of benzene rings is 1. The number of likely N-dealkylation sites (tertiary alicyclic amines) is 1. The number of hydrogen-bond donors (Lipinski definition) is 1. The predicted octanol–water partition coefficient (Wildman–Crippen LogP) is 3.33. The van der Waals surface area contributed by atoms with Gasteiger partial charge in [-0.25, -0.2) is 0 Å². The van der Waals surface area contributed by atoms with Crippen LogP contribution in [0.25, 0.3) is 0 Å². The largest absolute Gasteiger partial charge is 0.317 e. The maximum atomic E-state index is 5.94. The van der Waals surface area contributed by atoms with Crippen LogP contribution in [0.2, 0.25) is 5.02 Å². The van der Waals surface area contributed by atoms with Gasteiger partial charge >= 0.3 is 0 Å². The second-order valence-electron chi connectivity index (χ2n) is 5.38. The molecule has 3 heteroatoms. The summed E-state index contributed by atoms with van der Waals surface area (Å²) in [5, 5.41) is 4.23. The first kappa shape index (κ1) is 13.9. The summed E-state index contributed by atoms with van der Waals surface area (Å²) in [6.45, 7) is 6.95. The number of rotatable bonds is 3. The summed E-state index contributed by atoms with van der Waals surface area (Å²) in [5.74, 6) is 0.707. The summed E-state index contributed by atoms with van der Waals surface area (Å²) in [6, 6.07) is 9.39. The van der Waals surface area contributed by atoms with E-state index in [1.54, 1.807) is 0 Å². The first-order valence-corrected chi connectivity index (χ1v) is 7.16. The third-order valence-corrected chi connectivity index (χ3v) is 4.46. The molecule has 0 radical (unpaired) electrons. The summed E-state index contributed by atoms with van der Waals surface area (Å²) >= 11 is 5.94. The molecule has 1 aliphatic heterocycles. The zero-order valence-electron chi connectivity index (χ0n) is 11.5. The van der Waals surface area contributed by atoms with E-state index >= 15 is 0 Å². The topological polar surface area (TPSA) is 15.3 Å². The van der Waals surface area contributed by atoms with Crippen molar-refractivity contribution in [2.75, 3.05) is 20.1 Å². The third kappa shape index (κ3) is 3.05. The van der Waals surface area contributed by atoms with E-state index < -0.39 is 0 Å². The Kier molecular flexibility index (Phi) is 4.66. The molecule has 1 aromatic carbocycles. The highest BCUT2D eigenvalue weighted by Crippen LogP contribution is 2.27. The molecule has 0 aliphatic carbocycles. The van der Waals surface area contributed by atoms with Crippen molar-refractivity contribution in [3.05, 3.63) is 34.9 Å². The standard InChI is InChI=1S/C15H23ClN2/c1-11-10-18(9-8-15(11)17-3)12(2)13-4-6-14(16)7-5-13/h4-7,11-12,15,17H,8-10H2,1-3H3. The van der Waals surface area contributed by atoms with E-state index in [-0.39, 0.29) is 0 Å². The van der Waals surface area contributed by atoms with Gasteiger partial charge in [0.2, 0.25) is 0 Å². The Morgan fingerprint density at radius 2 is 2.00 bits per heavy atom. The van der Waals surface area contributed by atoms with Gasteiger partial charge < -0.3 is 5.32 Å². The van der Waals surface area contributed by atoms with Gasteiger partial charge in [-0.3, -0.25) is 4.90 Å². The monoisotopic (exact) mass is 266 g/mol. The van der Waals surface area contributed by atoms with Gasteiger partial charge in [-0.15, -0.1) is 0 Å². The summed E-state index contributed by atoms with van der Waals surface area (Å²) in [6.07, 6.45) is 1.23. The van der Waals surface area contributed by atoms with Crippen LogP contribution >= 0.6 is 11.6 Å². The molecule has 1 aliphatic rings. The Bertz CT molecular complexity index is 377. The smallest absolute Gasteiger partial charge is 0.0406 e. The Balaban J connectivity index is 2.02. The van der Waals surface area contributed by atoms with Crippen LogP contribution < -0.4 is 5.32 Å². The summed E-state index contributed by atoms with van der Waals surface area (Å²) in [4.78, 5) is 2.57. The molecule has 0 aromatic heterocycles. The van der Waals surface area contributed by atoms with Crippen LogP contribution in [0.3, 0.4) is 0 Å². The summed E-state index contributed by atoms with van der Waals surface area (Å²) in [5.41, 5.74) is 1.36. The lowest BCUT2D eigenvalue weighted by atomic mass is 9.92. The molecule has 0 amide bonds. The van der Waals surface area contributed by atoms with Gasteiger partial charge in [0.05, 0.1) is 0 Å². The zero-order chi connectivity index (χ0) is 13.1. The van der Waals surface area contributed by atoms with Crippen LogP contribution in [0, 0.1) is 5.92 Å². The van der Waals surface area contributed by atoms with Crippen LogP contribution in [-0.2, 0) is 0 Å². The molecule has 2 rings (SSSR count). The van der Waals surface area contributed by atoms with Crippen LogP contribution in [0.1, 0.15) is 31.9 Å². The van der Waals surface area contributed by atoms with E-state index in [2.05, 4.69) is 43.2 Å². The lowest BCUT2D eigenvalue weighted by Gasteiger charge is -2.40. The molecule has 3 unspecified atom stereocenters. The van der Waals surface area contributed by atoms with E-state index in [0.29, 0.717) is 18.0 Å². The molecule has 18 heavy (non-hydrogen) atoms. The fourth-order valence-electron chi connectivity index (χ4n) is 2.91. The molecular weight excluding hydrogens is 244 g/mol. The van der Waals surface area contributed by atoms with Crippen LogP contribution in [0.5, 0.6) is 0 Å². The van der Waals surface area contributed by atoms with Gasteiger partial charge in [0, 0.05) is 30.2 Å². The molecular formula is C15H23ClN2. The van der Waals surface area contributed by atoms with Crippen molar-refractivity contribution in [2.45, 2.75) is 32.4 Å². The highest BCUT2D eigenvalue weighted by Gasteiger charge is 2.27. The molecule has 2 nitrogen and oxygen atoms in total. The van der Waals surface area contributed by atoms with Crippen molar-refractivity contribution in [3.63, 3.8) is 0 Å². The SMILES string of the molecule is CNC1CCN(C(C)c2ccc(Cl)cc2)CC1C. The van der Waals surface area contributed by atoms with Crippen molar-refractivity contribution < 1.29 is 0 Å². The van der Waals surface area contributed by atoms with Gasteiger partial charge in [-0.1, -0.05) is 30.7 Å². The zero-order valence-corrected chi connectivity index (χ0v) is 12.2. The molecule has 0 spiro atoms. The summed E-state index contributed by atoms with van der Waals surface area (Å²) in [7, 11) is 2.07. The number of nitrogens with one attached hydrogen (secondary N) is 1. The Morgan fingerprint density at radius 3 is 2.56 bits per heavy atom. The first-order valence-electron chi connectivity index (χ1n) is 6.78. The molecule has 0 saturated carbocycles.